The first kappa shape index (κ1) is 12.8. The number of hydrogen-bond acceptors (Lipinski definition) is 3. The number of amides is 1. The maximum absolute atomic E-state index is 12.2. The van der Waals surface area contributed by atoms with E-state index in [4.69, 9.17) is 4.74 Å². The van der Waals surface area contributed by atoms with Crippen molar-refractivity contribution in [3.63, 3.8) is 0 Å². The molecule has 1 heterocycles. The predicted octanol–water partition coefficient (Wildman–Crippen LogP) is 1.01. The third-order valence-electron chi connectivity index (χ3n) is 4.12. The predicted molar refractivity (Wildman–Crippen MR) is 66.8 cm³/mol. The monoisotopic (exact) mass is 240 g/mol. The van der Waals surface area contributed by atoms with Crippen LogP contribution in [0.25, 0.3) is 0 Å². The summed E-state index contributed by atoms with van der Waals surface area (Å²) in [5.41, 5.74) is 0. The summed E-state index contributed by atoms with van der Waals surface area (Å²) in [4.78, 5) is 14.3. The number of hydrogen-bond donors (Lipinski definition) is 1. The molecule has 2 rings (SSSR count). The van der Waals surface area contributed by atoms with E-state index in [2.05, 4.69) is 17.1 Å². The molecule has 0 radical (unpaired) electrons. The molecule has 4 atom stereocenters. The number of ether oxygens (including phenoxy) is 1. The standard InChI is InChI=1S/C13H24N2O2/c1-9-6-12(15(2)8-9)13(16)14-10-4-5-11(7-10)17-3/h9-12H,4-8H2,1-3H3,(H,14,16)/t9?,10-,11+,12-/m0/s1. The van der Waals surface area contributed by atoms with Gasteiger partial charge in [0.05, 0.1) is 12.1 Å². The van der Waals surface area contributed by atoms with Crippen molar-refractivity contribution in [1.82, 2.24) is 10.2 Å². The summed E-state index contributed by atoms with van der Waals surface area (Å²) in [6.45, 7) is 3.24. The number of carbonyl (C=O) groups excluding carboxylic acids is 1. The molecule has 1 N–H and O–H groups in total. The van der Waals surface area contributed by atoms with Gasteiger partial charge < -0.3 is 10.1 Å². The molecule has 1 aliphatic carbocycles. The van der Waals surface area contributed by atoms with E-state index in [1.807, 2.05) is 7.05 Å². The highest BCUT2D eigenvalue weighted by Gasteiger charge is 2.34. The van der Waals surface area contributed by atoms with Crippen LogP contribution in [0.4, 0.5) is 0 Å². The minimum Gasteiger partial charge on any atom is -0.381 e. The summed E-state index contributed by atoms with van der Waals surface area (Å²) < 4.78 is 5.32. The van der Waals surface area contributed by atoms with Gasteiger partial charge in [-0.25, -0.2) is 0 Å². The first-order chi connectivity index (χ1) is 8.10. The molecule has 0 aromatic rings. The summed E-state index contributed by atoms with van der Waals surface area (Å²) in [5, 5.41) is 3.18. The lowest BCUT2D eigenvalue weighted by Crippen LogP contribution is -2.45. The van der Waals surface area contributed by atoms with E-state index in [-0.39, 0.29) is 11.9 Å². The molecule has 4 nitrogen and oxygen atoms in total. The second-order valence-corrected chi connectivity index (χ2v) is 5.67. The topological polar surface area (TPSA) is 41.6 Å². The van der Waals surface area contributed by atoms with Gasteiger partial charge in [-0.3, -0.25) is 9.69 Å². The zero-order chi connectivity index (χ0) is 12.4. The van der Waals surface area contributed by atoms with Gasteiger partial charge in [-0.2, -0.15) is 0 Å². The molecule has 0 spiro atoms. The third-order valence-corrected chi connectivity index (χ3v) is 4.12. The van der Waals surface area contributed by atoms with Crippen molar-refractivity contribution >= 4 is 5.91 Å². The Balaban J connectivity index is 1.81. The van der Waals surface area contributed by atoms with Crippen molar-refractivity contribution in [2.75, 3.05) is 20.7 Å². The van der Waals surface area contributed by atoms with E-state index in [1.54, 1.807) is 7.11 Å². The summed E-state index contributed by atoms with van der Waals surface area (Å²) in [7, 11) is 3.79. The van der Waals surface area contributed by atoms with Crippen LogP contribution in [0.2, 0.25) is 0 Å². The van der Waals surface area contributed by atoms with Crippen LogP contribution in [-0.4, -0.2) is 49.7 Å². The van der Waals surface area contributed by atoms with Gasteiger partial charge in [0.2, 0.25) is 5.91 Å². The number of nitrogens with zero attached hydrogens (tertiary/aromatic N) is 1. The number of nitrogens with one attached hydrogen (secondary N) is 1. The molecule has 0 aromatic heterocycles. The van der Waals surface area contributed by atoms with Crippen molar-refractivity contribution in [3.8, 4) is 0 Å². The highest BCUT2D eigenvalue weighted by Crippen LogP contribution is 2.24. The van der Waals surface area contributed by atoms with E-state index in [1.165, 1.54) is 0 Å². The Hall–Kier alpha value is -0.610. The zero-order valence-electron chi connectivity index (χ0n) is 11.1. The number of likely N-dealkylation sites (N-methyl/N-ethyl adjacent to an activating group) is 1. The highest BCUT2D eigenvalue weighted by atomic mass is 16.5. The van der Waals surface area contributed by atoms with Crippen molar-refractivity contribution in [2.24, 2.45) is 5.92 Å². The second kappa shape index (κ2) is 5.36. The minimum atomic E-state index is 0.0756. The second-order valence-electron chi connectivity index (χ2n) is 5.67. The van der Waals surface area contributed by atoms with Gasteiger partial charge in [0, 0.05) is 19.7 Å². The Morgan fingerprint density at radius 3 is 2.65 bits per heavy atom. The van der Waals surface area contributed by atoms with Gasteiger partial charge in [0.1, 0.15) is 0 Å². The average Bonchev–Trinajstić information content (AvgIpc) is 2.85. The maximum atomic E-state index is 12.2. The summed E-state index contributed by atoms with van der Waals surface area (Å²) in [6, 6.07) is 0.392. The van der Waals surface area contributed by atoms with Crippen LogP contribution in [0.5, 0.6) is 0 Å². The SMILES string of the molecule is CO[C@@H]1CC[C@H](NC(=O)[C@@H]2CC(C)CN2C)C1. The highest BCUT2D eigenvalue weighted by molar-refractivity contribution is 5.82. The normalized spacial score (nSPS) is 38.5. The van der Waals surface area contributed by atoms with Gasteiger partial charge in [-0.1, -0.05) is 6.92 Å². The number of methoxy groups -OCH3 is 1. The van der Waals surface area contributed by atoms with Crippen molar-refractivity contribution < 1.29 is 9.53 Å². The van der Waals surface area contributed by atoms with E-state index in [0.29, 0.717) is 18.1 Å². The van der Waals surface area contributed by atoms with Crippen LogP contribution in [0, 0.1) is 5.92 Å². The molecule has 1 unspecified atom stereocenters. The van der Waals surface area contributed by atoms with E-state index in [9.17, 15) is 4.79 Å². The van der Waals surface area contributed by atoms with Crippen LogP contribution in [0.3, 0.4) is 0 Å². The van der Waals surface area contributed by atoms with E-state index >= 15 is 0 Å². The molecular weight excluding hydrogens is 216 g/mol. The van der Waals surface area contributed by atoms with Gasteiger partial charge in [0.25, 0.3) is 0 Å². The number of carbonyl (C=O) groups is 1. The average molecular weight is 240 g/mol. The third kappa shape index (κ3) is 2.99. The van der Waals surface area contributed by atoms with E-state index < -0.39 is 0 Å². The number of likely N-dealkylation sites (tertiary alicyclic amines) is 1. The molecule has 1 amide bonds. The first-order valence-electron chi connectivity index (χ1n) is 6.63. The molecule has 1 saturated heterocycles. The summed E-state index contributed by atoms with van der Waals surface area (Å²) >= 11 is 0. The van der Waals surface area contributed by atoms with Crippen molar-refractivity contribution in [2.45, 2.75) is 50.8 Å². The smallest absolute Gasteiger partial charge is 0.237 e. The summed E-state index contributed by atoms with van der Waals surface area (Å²) in [6.07, 6.45) is 4.41. The molecule has 1 aliphatic heterocycles. The molecule has 2 fully saturated rings. The Morgan fingerprint density at radius 2 is 2.12 bits per heavy atom. The summed E-state index contributed by atoms with van der Waals surface area (Å²) in [5.74, 6) is 0.838. The van der Waals surface area contributed by atoms with Crippen LogP contribution in [-0.2, 0) is 9.53 Å². The van der Waals surface area contributed by atoms with Gasteiger partial charge in [0.15, 0.2) is 0 Å². The molecule has 17 heavy (non-hydrogen) atoms. The quantitative estimate of drug-likeness (QED) is 0.800. The molecule has 98 valence electrons. The van der Waals surface area contributed by atoms with Gasteiger partial charge >= 0.3 is 0 Å². The van der Waals surface area contributed by atoms with Crippen molar-refractivity contribution in [1.29, 1.82) is 0 Å². The Bertz CT molecular complexity index is 283. The fraction of sp³-hybridized carbons (Fsp3) is 0.923. The Morgan fingerprint density at radius 1 is 1.35 bits per heavy atom. The number of rotatable bonds is 3. The van der Waals surface area contributed by atoms with Gasteiger partial charge in [-0.05, 0) is 38.6 Å². The molecule has 1 saturated carbocycles. The lowest BCUT2D eigenvalue weighted by Gasteiger charge is -2.21. The molecular formula is C13H24N2O2. The minimum absolute atomic E-state index is 0.0756. The Labute approximate surface area is 104 Å². The van der Waals surface area contributed by atoms with Crippen molar-refractivity contribution in [3.05, 3.63) is 0 Å². The zero-order valence-corrected chi connectivity index (χ0v) is 11.1. The molecule has 4 heteroatoms. The lowest BCUT2D eigenvalue weighted by atomic mass is 10.1. The van der Waals surface area contributed by atoms with Crippen LogP contribution in [0.1, 0.15) is 32.6 Å². The van der Waals surface area contributed by atoms with Crippen LogP contribution >= 0.6 is 0 Å². The largest absolute Gasteiger partial charge is 0.381 e. The van der Waals surface area contributed by atoms with Crippen LogP contribution in [0.15, 0.2) is 0 Å². The molecule has 0 bridgehead atoms. The maximum Gasteiger partial charge on any atom is 0.237 e. The fourth-order valence-corrected chi connectivity index (χ4v) is 3.14. The lowest BCUT2D eigenvalue weighted by molar-refractivity contribution is -0.125. The Kier molecular flexibility index (Phi) is 4.05. The van der Waals surface area contributed by atoms with Gasteiger partial charge in [-0.15, -0.1) is 0 Å². The van der Waals surface area contributed by atoms with E-state index in [0.717, 1.165) is 32.2 Å². The molecule has 2 aliphatic rings. The molecule has 0 aromatic carbocycles. The van der Waals surface area contributed by atoms with Crippen LogP contribution < -0.4 is 5.32 Å². The first-order valence-corrected chi connectivity index (χ1v) is 6.63. The fourth-order valence-electron chi connectivity index (χ4n) is 3.14.